The van der Waals surface area contributed by atoms with Gasteiger partial charge in [-0.25, -0.2) is 0 Å². The number of carbonyl (C=O) groups is 3. The van der Waals surface area contributed by atoms with Crippen molar-refractivity contribution in [1.29, 1.82) is 0 Å². The van der Waals surface area contributed by atoms with Gasteiger partial charge in [0.1, 0.15) is 12.6 Å². The standard InChI is InChI=1S/C47H87NO5/c1-3-5-7-9-11-13-15-17-18-19-20-21-22-23-25-27-29-34-38-42-47(52)53-44(39-35-31-28-26-24-16-14-12-10-8-6-4-2)40-36-32-30-33-37-41-45(49)48-43-46(50)51/h11,13,17-18,44H,3-10,12,14-16,19-43H2,1-2H3,(H,48,49)(H,50,51)/b13-11-,18-17-. The van der Waals surface area contributed by atoms with E-state index >= 15 is 0 Å². The number of nitrogens with one attached hydrogen (secondary N) is 1. The molecule has 0 aromatic heterocycles. The van der Waals surface area contributed by atoms with Crippen LogP contribution in [-0.4, -0.2) is 35.6 Å². The van der Waals surface area contributed by atoms with Crippen molar-refractivity contribution in [2.75, 3.05) is 6.54 Å². The largest absolute Gasteiger partial charge is 0.480 e. The Hall–Kier alpha value is -2.11. The number of esters is 1. The second-order valence-corrected chi connectivity index (χ2v) is 15.7. The molecule has 0 aliphatic rings. The van der Waals surface area contributed by atoms with Crippen LogP contribution in [0.15, 0.2) is 24.3 Å². The number of rotatable bonds is 42. The van der Waals surface area contributed by atoms with Crippen molar-refractivity contribution in [3.05, 3.63) is 24.3 Å². The summed E-state index contributed by atoms with van der Waals surface area (Å²) in [5, 5.41) is 11.1. The monoisotopic (exact) mass is 746 g/mol. The maximum absolute atomic E-state index is 12.8. The van der Waals surface area contributed by atoms with E-state index < -0.39 is 5.97 Å². The highest BCUT2D eigenvalue weighted by atomic mass is 16.5. The highest BCUT2D eigenvalue weighted by molar-refractivity contribution is 5.80. The second-order valence-electron chi connectivity index (χ2n) is 15.7. The van der Waals surface area contributed by atoms with E-state index in [0.29, 0.717) is 12.8 Å². The number of carboxylic acids is 1. The Balaban J connectivity index is 4.09. The van der Waals surface area contributed by atoms with Crippen LogP contribution in [0.25, 0.3) is 0 Å². The number of aliphatic carboxylic acids is 1. The van der Waals surface area contributed by atoms with Gasteiger partial charge >= 0.3 is 11.9 Å². The van der Waals surface area contributed by atoms with Crippen molar-refractivity contribution in [2.45, 2.75) is 251 Å². The smallest absolute Gasteiger partial charge is 0.322 e. The molecule has 0 aromatic rings. The summed E-state index contributed by atoms with van der Waals surface area (Å²) in [7, 11) is 0. The molecule has 0 aliphatic carbocycles. The van der Waals surface area contributed by atoms with Crippen molar-refractivity contribution < 1.29 is 24.2 Å². The van der Waals surface area contributed by atoms with Gasteiger partial charge in [0.2, 0.25) is 5.91 Å². The fraction of sp³-hybridized carbons (Fsp3) is 0.851. The van der Waals surface area contributed by atoms with Crippen LogP contribution in [-0.2, 0) is 19.1 Å². The van der Waals surface area contributed by atoms with Gasteiger partial charge in [-0.05, 0) is 70.6 Å². The minimum atomic E-state index is -1.01. The van der Waals surface area contributed by atoms with E-state index in [4.69, 9.17) is 9.84 Å². The van der Waals surface area contributed by atoms with Crippen LogP contribution in [0.4, 0.5) is 0 Å². The molecule has 0 aromatic carbocycles. The lowest BCUT2D eigenvalue weighted by molar-refractivity contribution is -0.150. The summed E-state index contributed by atoms with van der Waals surface area (Å²) in [6, 6.07) is 0. The molecular weight excluding hydrogens is 659 g/mol. The Morgan fingerprint density at radius 2 is 0.868 bits per heavy atom. The predicted octanol–water partition coefficient (Wildman–Crippen LogP) is 14.3. The van der Waals surface area contributed by atoms with Gasteiger partial charge in [0, 0.05) is 12.8 Å². The molecule has 310 valence electrons. The van der Waals surface area contributed by atoms with E-state index in [-0.39, 0.29) is 24.5 Å². The molecule has 0 saturated heterocycles. The normalized spacial score (nSPS) is 12.2. The third-order valence-electron chi connectivity index (χ3n) is 10.4. The molecule has 0 bridgehead atoms. The molecule has 53 heavy (non-hydrogen) atoms. The van der Waals surface area contributed by atoms with E-state index in [1.807, 2.05) is 0 Å². The van der Waals surface area contributed by atoms with Crippen LogP contribution in [0.3, 0.4) is 0 Å². The molecule has 0 rings (SSSR count). The number of carbonyl (C=O) groups excluding carboxylic acids is 2. The molecule has 1 amide bonds. The van der Waals surface area contributed by atoms with E-state index in [0.717, 1.165) is 70.6 Å². The lowest BCUT2D eigenvalue weighted by atomic mass is 10.0. The SMILES string of the molecule is CCCCC/C=C\C/C=C\CCCCCCCCCCCC(=O)OC(CCCCCCCCCCCCCC)CCCCCCCC(=O)NCC(=O)O. The van der Waals surface area contributed by atoms with Crippen LogP contribution < -0.4 is 5.32 Å². The Bertz CT molecular complexity index is 869. The maximum Gasteiger partial charge on any atom is 0.322 e. The van der Waals surface area contributed by atoms with Gasteiger partial charge in [-0.15, -0.1) is 0 Å². The molecule has 0 saturated carbocycles. The van der Waals surface area contributed by atoms with Crippen molar-refractivity contribution in [2.24, 2.45) is 0 Å². The van der Waals surface area contributed by atoms with Crippen LogP contribution in [0.1, 0.15) is 245 Å². The lowest BCUT2D eigenvalue weighted by Crippen LogP contribution is -2.28. The zero-order chi connectivity index (χ0) is 38.7. The minimum Gasteiger partial charge on any atom is -0.480 e. The maximum atomic E-state index is 12.8. The van der Waals surface area contributed by atoms with Gasteiger partial charge in [0.05, 0.1) is 0 Å². The summed E-state index contributed by atoms with van der Waals surface area (Å²) < 4.78 is 6.04. The fourth-order valence-corrected chi connectivity index (χ4v) is 6.96. The van der Waals surface area contributed by atoms with E-state index in [2.05, 4.69) is 43.5 Å². The van der Waals surface area contributed by atoms with Crippen molar-refractivity contribution >= 4 is 17.8 Å². The average Bonchev–Trinajstić information content (AvgIpc) is 3.14. The topological polar surface area (TPSA) is 92.7 Å². The summed E-state index contributed by atoms with van der Waals surface area (Å²) in [5.74, 6) is -1.22. The van der Waals surface area contributed by atoms with Crippen molar-refractivity contribution in [3.63, 3.8) is 0 Å². The minimum absolute atomic E-state index is 0.0154. The molecule has 1 atom stereocenters. The summed E-state index contributed by atoms with van der Waals surface area (Å²) in [6.45, 7) is 4.22. The van der Waals surface area contributed by atoms with Crippen LogP contribution in [0.5, 0.6) is 0 Å². The molecule has 0 aliphatic heterocycles. The average molecular weight is 746 g/mol. The highest BCUT2D eigenvalue weighted by Gasteiger charge is 2.14. The Labute approximate surface area is 328 Å². The van der Waals surface area contributed by atoms with Crippen LogP contribution >= 0.6 is 0 Å². The number of allylic oxidation sites excluding steroid dienone is 4. The second kappa shape index (κ2) is 42.6. The van der Waals surface area contributed by atoms with Crippen LogP contribution in [0, 0.1) is 0 Å². The summed E-state index contributed by atoms with van der Waals surface area (Å²) >= 11 is 0. The first-order valence-electron chi connectivity index (χ1n) is 23.0. The van der Waals surface area contributed by atoms with E-state index in [9.17, 15) is 14.4 Å². The van der Waals surface area contributed by atoms with Gasteiger partial charge in [-0.3, -0.25) is 14.4 Å². The highest BCUT2D eigenvalue weighted by Crippen LogP contribution is 2.19. The molecule has 6 heteroatoms. The number of carboxylic acid groups (broad SMARTS) is 1. The number of hydrogen-bond donors (Lipinski definition) is 2. The third kappa shape index (κ3) is 42.5. The zero-order valence-electron chi connectivity index (χ0n) is 35.1. The van der Waals surface area contributed by atoms with Gasteiger partial charge in [0.25, 0.3) is 0 Å². The van der Waals surface area contributed by atoms with Gasteiger partial charge in [0.15, 0.2) is 0 Å². The van der Waals surface area contributed by atoms with Crippen molar-refractivity contribution in [3.8, 4) is 0 Å². The molecule has 1 unspecified atom stereocenters. The Morgan fingerprint density at radius 3 is 1.34 bits per heavy atom. The summed E-state index contributed by atoms with van der Waals surface area (Å²) in [5.41, 5.74) is 0. The molecular formula is C47H87NO5. The molecule has 0 spiro atoms. The van der Waals surface area contributed by atoms with E-state index in [1.165, 1.54) is 148 Å². The first-order valence-corrected chi connectivity index (χ1v) is 23.0. The quantitative estimate of drug-likeness (QED) is 0.0369. The first kappa shape index (κ1) is 50.9. The van der Waals surface area contributed by atoms with Gasteiger partial charge in [-0.2, -0.15) is 0 Å². The van der Waals surface area contributed by atoms with Crippen molar-refractivity contribution in [1.82, 2.24) is 5.32 Å². The Kier molecular flexibility index (Phi) is 40.9. The summed E-state index contributed by atoms with van der Waals surface area (Å²) in [6.07, 6.45) is 51.6. The zero-order valence-corrected chi connectivity index (χ0v) is 35.1. The molecule has 6 nitrogen and oxygen atoms in total. The van der Waals surface area contributed by atoms with E-state index in [1.54, 1.807) is 0 Å². The molecule has 0 fully saturated rings. The summed E-state index contributed by atoms with van der Waals surface area (Å²) in [4.78, 5) is 35.1. The number of ether oxygens (including phenoxy) is 1. The Morgan fingerprint density at radius 1 is 0.491 bits per heavy atom. The predicted molar refractivity (Wildman–Crippen MR) is 226 cm³/mol. The lowest BCUT2D eigenvalue weighted by Gasteiger charge is -2.18. The molecule has 0 radical (unpaired) electrons. The number of amides is 1. The molecule has 2 N–H and O–H groups in total. The van der Waals surface area contributed by atoms with Gasteiger partial charge < -0.3 is 15.2 Å². The van der Waals surface area contributed by atoms with Gasteiger partial charge in [-0.1, -0.05) is 186 Å². The number of hydrogen-bond acceptors (Lipinski definition) is 4. The molecule has 0 heterocycles. The fourth-order valence-electron chi connectivity index (χ4n) is 6.96. The van der Waals surface area contributed by atoms with Crippen LogP contribution in [0.2, 0.25) is 0 Å². The first-order chi connectivity index (χ1) is 26.0. The number of unbranched alkanes of at least 4 members (excludes halogenated alkanes) is 27. The third-order valence-corrected chi connectivity index (χ3v) is 10.4.